The highest BCUT2D eigenvalue weighted by Crippen LogP contribution is 2.41. The Balaban J connectivity index is 1.41. The van der Waals surface area contributed by atoms with E-state index < -0.39 is 15.1 Å². The summed E-state index contributed by atoms with van der Waals surface area (Å²) in [7, 11) is -3.40. The normalized spacial score (nSPS) is 24.2. The van der Waals surface area contributed by atoms with Gasteiger partial charge in [-0.15, -0.1) is 11.3 Å². The molecule has 2 aliphatic rings. The average Bonchev–Trinajstić information content (AvgIpc) is 3.25. The van der Waals surface area contributed by atoms with Crippen LogP contribution in [-0.2, 0) is 9.84 Å². The second-order valence-corrected chi connectivity index (χ2v) is 11.2. The first-order chi connectivity index (χ1) is 13.9. The molecule has 3 heterocycles. The Morgan fingerprint density at radius 3 is 2.38 bits per heavy atom. The van der Waals surface area contributed by atoms with Crippen LogP contribution in [0.25, 0.3) is 10.1 Å². The molecule has 1 aromatic heterocycles. The molecule has 7 heteroatoms. The summed E-state index contributed by atoms with van der Waals surface area (Å²) in [4.78, 5) is 16.1. The fraction of sp³-hybridized carbons (Fsp3) is 0.318. The second kappa shape index (κ2) is 6.92. The molecular weight excluding hydrogens is 409 g/mol. The fourth-order valence-corrected chi connectivity index (χ4v) is 7.62. The number of hydrogen-bond acceptors (Lipinski definition) is 4. The summed E-state index contributed by atoms with van der Waals surface area (Å²) < 4.78 is 40.5. The quantitative estimate of drug-likeness (QED) is 0.609. The molecule has 0 N–H and O–H groups in total. The molecule has 5 rings (SSSR count). The van der Waals surface area contributed by atoms with Crippen molar-refractivity contribution in [2.24, 2.45) is 0 Å². The molecule has 2 unspecified atom stereocenters. The van der Waals surface area contributed by atoms with Crippen LogP contribution in [0.15, 0.2) is 59.5 Å². The Kier molecular flexibility index (Phi) is 4.47. The summed E-state index contributed by atoms with van der Waals surface area (Å²) in [6, 6.07) is 14.7. The zero-order valence-electron chi connectivity index (χ0n) is 15.6. The van der Waals surface area contributed by atoms with E-state index >= 15 is 0 Å². The van der Waals surface area contributed by atoms with Gasteiger partial charge in [0.15, 0.2) is 9.84 Å². The first kappa shape index (κ1) is 18.8. The zero-order chi connectivity index (χ0) is 20.2. The van der Waals surface area contributed by atoms with Crippen LogP contribution in [0.4, 0.5) is 4.39 Å². The van der Waals surface area contributed by atoms with E-state index in [0.717, 1.165) is 22.9 Å². The van der Waals surface area contributed by atoms with E-state index in [1.807, 2.05) is 4.90 Å². The van der Waals surface area contributed by atoms with Gasteiger partial charge in [0.05, 0.1) is 15.0 Å². The Labute approximate surface area is 172 Å². The smallest absolute Gasteiger partial charge is 0.264 e. The molecule has 1 amide bonds. The van der Waals surface area contributed by atoms with E-state index in [9.17, 15) is 17.6 Å². The van der Waals surface area contributed by atoms with Crippen molar-refractivity contribution in [3.05, 3.63) is 65.3 Å². The summed E-state index contributed by atoms with van der Waals surface area (Å²) in [5, 5.41) is 0.273. The highest BCUT2D eigenvalue weighted by molar-refractivity contribution is 7.92. The van der Waals surface area contributed by atoms with E-state index in [1.54, 1.807) is 42.5 Å². The fourth-order valence-electron chi connectivity index (χ4n) is 4.76. The molecule has 0 radical (unpaired) electrons. The first-order valence-electron chi connectivity index (χ1n) is 9.74. The number of fused-ring (bicyclic) bond motifs is 3. The van der Waals surface area contributed by atoms with Crippen LogP contribution >= 0.6 is 11.3 Å². The topological polar surface area (TPSA) is 54.5 Å². The van der Waals surface area contributed by atoms with Gasteiger partial charge in [-0.1, -0.05) is 18.2 Å². The number of carbonyl (C=O) groups excluding carboxylic acids is 1. The van der Waals surface area contributed by atoms with Crippen molar-refractivity contribution in [1.82, 2.24) is 4.90 Å². The molecule has 2 bridgehead atoms. The molecule has 3 aromatic rings. The monoisotopic (exact) mass is 429 g/mol. The van der Waals surface area contributed by atoms with Crippen LogP contribution in [0.1, 0.15) is 35.4 Å². The Morgan fingerprint density at radius 2 is 1.69 bits per heavy atom. The van der Waals surface area contributed by atoms with Crippen molar-refractivity contribution in [1.29, 1.82) is 0 Å². The van der Waals surface area contributed by atoms with Gasteiger partial charge in [-0.3, -0.25) is 4.79 Å². The first-order valence-corrected chi connectivity index (χ1v) is 12.1. The van der Waals surface area contributed by atoms with Gasteiger partial charge in [0.25, 0.3) is 5.91 Å². The highest BCUT2D eigenvalue weighted by atomic mass is 32.2. The summed E-state index contributed by atoms with van der Waals surface area (Å²) in [6.07, 6.45) is 2.60. The van der Waals surface area contributed by atoms with Crippen molar-refractivity contribution in [2.75, 3.05) is 0 Å². The predicted molar refractivity (Wildman–Crippen MR) is 111 cm³/mol. The van der Waals surface area contributed by atoms with Gasteiger partial charge >= 0.3 is 0 Å². The van der Waals surface area contributed by atoms with Crippen LogP contribution in [0.2, 0.25) is 0 Å². The number of carbonyl (C=O) groups is 1. The third-order valence-electron chi connectivity index (χ3n) is 6.12. The Hall–Kier alpha value is -2.25. The summed E-state index contributed by atoms with van der Waals surface area (Å²) in [6.45, 7) is 0. The van der Waals surface area contributed by atoms with E-state index in [1.165, 1.54) is 23.5 Å². The number of piperidine rings is 1. The minimum atomic E-state index is -3.40. The standard InChI is InChI=1S/C22H20FNO3S2/c23-15-6-9-20-14(10-15)11-21(28-20)22(25)24-16-7-8-17(24)13-19(12-16)29(26,27)18-4-2-1-3-5-18/h1-6,9-11,16-17,19H,7-8,12-13H2. The average molecular weight is 430 g/mol. The van der Waals surface area contributed by atoms with Crippen LogP contribution in [-0.4, -0.2) is 36.6 Å². The third-order valence-corrected chi connectivity index (χ3v) is 9.42. The molecule has 2 aliphatic heterocycles. The van der Waals surface area contributed by atoms with E-state index in [0.29, 0.717) is 22.6 Å². The van der Waals surface area contributed by atoms with Gasteiger partial charge in [-0.05, 0) is 67.5 Å². The largest absolute Gasteiger partial charge is 0.332 e. The van der Waals surface area contributed by atoms with Crippen LogP contribution < -0.4 is 0 Å². The van der Waals surface area contributed by atoms with Gasteiger partial charge in [0.2, 0.25) is 0 Å². The summed E-state index contributed by atoms with van der Waals surface area (Å²) >= 11 is 1.37. The van der Waals surface area contributed by atoms with E-state index in [4.69, 9.17) is 0 Å². The molecule has 2 atom stereocenters. The van der Waals surface area contributed by atoms with Crippen molar-refractivity contribution < 1.29 is 17.6 Å². The minimum absolute atomic E-state index is 0.0605. The molecule has 2 saturated heterocycles. The molecule has 0 aliphatic carbocycles. The highest BCUT2D eigenvalue weighted by Gasteiger charge is 2.47. The van der Waals surface area contributed by atoms with Gasteiger partial charge in [-0.2, -0.15) is 0 Å². The molecule has 0 spiro atoms. The Bertz CT molecular complexity index is 1180. The molecule has 4 nitrogen and oxygen atoms in total. The lowest BCUT2D eigenvalue weighted by Crippen LogP contribution is -2.49. The van der Waals surface area contributed by atoms with Crippen LogP contribution in [0, 0.1) is 5.82 Å². The van der Waals surface area contributed by atoms with Gasteiger partial charge in [-0.25, -0.2) is 12.8 Å². The zero-order valence-corrected chi connectivity index (χ0v) is 17.3. The number of halogens is 1. The molecular formula is C22H20FNO3S2. The SMILES string of the molecule is O=C(c1cc2cc(F)ccc2s1)N1C2CCC1CC(S(=O)(=O)c1ccccc1)C2. The number of hydrogen-bond donors (Lipinski definition) is 0. The predicted octanol–water partition coefficient (Wildman–Crippen LogP) is 4.65. The number of sulfone groups is 1. The maximum absolute atomic E-state index is 13.5. The van der Waals surface area contributed by atoms with Gasteiger partial charge < -0.3 is 4.90 Å². The molecule has 2 fully saturated rings. The second-order valence-electron chi connectivity index (χ2n) is 7.84. The number of benzene rings is 2. The molecule has 2 aromatic carbocycles. The lowest BCUT2D eigenvalue weighted by Gasteiger charge is -2.38. The Morgan fingerprint density at radius 1 is 1.00 bits per heavy atom. The summed E-state index contributed by atoms with van der Waals surface area (Å²) in [5.74, 6) is -0.379. The van der Waals surface area contributed by atoms with Gasteiger partial charge in [0, 0.05) is 16.8 Å². The van der Waals surface area contributed by atoms with E-state index in [-0.39, 0.29) is 23.8 Å². The maximum Gasteiger partial charge on any atom is 0.264 e. The molecule has 0 saturated carbocycles. The summed E-state index contributed by atoms with van der Waals surface area (Å²) in [5.41, 5.74) is 0. The number of nitrogens with zero attached hydrogens (tertiary/aromatic N) is 1. The third kappa shape index (κ3) is 3.16. The van der Waals surface area contributed by atoms with Gasteiger partial charge in [0.1, 0.15) is 5.82 Å². The van der Waals surface area contributed by atoms with Crippen molar-refractivity contribution in [3.8, 4) is 0 Å². The number of amides is 1. The minimum Gasteiger partial charge on any atom is -0.332 e. The molecule has 150 valence electrons. The van der Waals surface area contributed by atoms with Crippen LogP contribution in [0.3, 0.4) is 0 Å². The lowest BCUT2D eigenvalue weighted by molar-refractivity contribution is 0.0603. The van der Waals surface area contributed by atoms with Crippen molar-refractivity contribution in [3.63, 3.8) is 0 Å². The lowest BCUT2D eigenvalue weighted by atomic mass is 10.0. The van der Waals surface area contributed by atoms with Crippen molar-refractivity contribution >= 4 is 37.2 Å². The van der Waals surface area contributed by atoms with Crippen LogP contribution in [0.5, 0.6) is 0 Å². The van der Waals surface area contributed by atoms with E-state index in [2.05, 4.69) is 0 Å². The number of rotatable bonds is 3. The maximum atomic E-state index is 13.5. The van der Waals surface area contributed by atoms with Crippen molar-refractivity contribution in [2.45, 2.75) is 47.9 Å². The molecule has 29 heavy (non-hydrogen) atoms. The number of thiophene rings is 1.